The van der Waals surface area contributed by atoms with E-state index in [4.69, 9.17) is 9.47 Å². The molecule has 31 heteroatoms. The van der Waals surface area contributed by atoms with E-state index in [1.165, 1.54) is 0 Å². The molecule has 0 saturated heterocycles. The summed E-state index contributed by atoms with van der Waals surface area (Å²) in [7, 11) is 0. The Labute approximate surface area is 432 Å². The largest absolute Gasteiger partial charge is 0.379 e. The summed E-state index contributed by atoms with van der Waals surface area (Å²) < 4.78 is 338. The van der Waals surface area contributed by atoms with E-state index in [1.54, 1.807) is 0 Å². The van der Waals surface area contributed by atoms with Crippen molar-refractivity contribution in [2.24, 2.45) is 10.8 Å². The molecule has 0 amide bonds. The van der Waals surface area contributed by atoms with Gasteiger partial charge in [-0.25, -0.2) is 26.3 Å². The predicted molar refractivity (Wildman–Crippen MR) is 236 cm³/mol. The van der Waals surface area contributed by atoms with Gasteiger partial charge in [0, 0.05) is 0 Å². The molecule has 0 spiro atoms. The Balaban J connectivity index is 8.37. The van der Waals surface area contributed by atoms with Gasteiger partial charge in [0.1, 0.15) is 45.1 Å². The van der Waals surface area contributed by atoms with Crippen LogP contribution in [0, 0.1) is 10.8 Å². The summed E-state index contributed by atoms with van der Waals surface area (Å²) in [5.74, 6) is -12.9. The molecule has 0 aromatic rings. The van der Waals surface area contributed by atoms with Gasteiger partial charge in [0.25, 0.3) is 17.8 Å². The van der Waals surface area contributed by atoms with Crippen molar-refractivity contribution in [3.05, 3.63) is 75.9 Å². The van der Waals surface area contributed by atoms with E-state index in [-0.39, 0.29) is 0 Å². The highest BCUT2D eigenvalue weighted by Crippen LogP contribution is 2.55. The summed E-state index contributed by atoms with van der Waals surface area (Å²) in [6.45, 7) is -12.5. The van der Waals surface area contributed by atoms with E-state index in [2.05, 4.69) is 91.6 Å². The molecule has 0 aromatic heterocycles. The molecule has 0 aliphatic carbocycles. The van der Waals surface area contributed by atoms with Crippen LogP contribution < -0.4 is 0 Å². The quantitative estimate of drug-likeness (QED) is 0.0327. The van der Waals surface area contributed by atoms with Gasteiger partial charge in [0.05, 0.1) is 112 Å². The summed E-state index contributed by atoms with van der Waals surface area (Å²) in [4.78, 5) is 0. The zero-order chi connectivity index (χ0) is 59.2. The minimum Gasteiger partial charge on any atom is -0.379 e. The number of hydrogen-bond donors (Lipinski definition) is 0. The van der Waals surface area contributed by atoms with Crippen molar-refractivity contribution in [3.63, 3.8) is 0 Å². The van der Waals surface area contributed by atoms with Crippen molar-refractivity contribution in [1.29, 1.82) is 0 Å². The standard InChI is InChI=1S/C46H64F18O13/c1-7-16-65-22-13-41(53,54)75-44(59,60)36(26-72-33-38(47,48)30-68-19-10-4,27-73-34-39(49,50)31-69-20-11-5)25-71-28-37(29-74-35-40(51,52)32-70-21-12-6,45(61,62)76-42(55,56)14-23-66-17-8-2)46(63,64)77-43(57,58)15-24-67-18-9-3/h7-12H,1-6,13-35H2. The number of alkyl halides is 18. The van der Waals surface area contributed by atoms with Crippen molar-refractivity contribution >= 4 is 0 Å². The Morgan fingerprint density at radius 2 is 0.481 bits per heavy atom. The molecule has 0 saturated carbocycles. The summed E-state index contributed by atoms with van der Waals surface area (Å²) in [6, 6.07) is 0. The maximum atomic E-state index is 16.8. The van der Waals surface area contributed by atoms with Crippen LogP contribution in [-0.2, 0) is 61.6 Å². The molecular formula is C46H64F18O13. The Morgan fingerprint density at radius 1 is 0.260 bits per heavy atom. The lowest BCUT2D eigenvalue weighted by atomic mass is 9.85. The molecule has 452 valence electrons. The lowest BCUT2D eigenvalue weighted by Crippen LogP contribution is -2.65. The lowest BCUT2D eigenvalue weighted by molar-refractivity contribution is -0.498. The lowest BCUT2D eigenvalue weighted by Gasteiger charge is -2.46. The molecule has 0 aliphatic heterocycles. The summed E-state index contributed by atoms with van der Waals surface area (Å²) in [5.41, 5.74) is -9.93. The highest BCUT2D eigenvalue weighted by atomic mass is 19.3. The molecule has 0 fully saturated rings. The van der Waals surface area contributed by atoms with E-state index in [0.29, 0.717) is 0 Å². The van der Waals surface area contributed by atoms with Gasteiger partial charge in [-0.05, 0) is 0 Å². The van der Waals surface area contributed by atoms with Gasteiger partial charge in [0.2, 0.25) is 0 Å². The number of ether oxygens (including phenoxy) is 13. The highest BCUT2D eigenvalue weighted by Gasteiger charge is 2.75. The molecule has 0 aromatic carbocycles. The fraction of sp³-hybridized carbons (Fsp3) is 0.739. The molecule has 0 aliphatic rings. The molecule has 0 bridgehead atoms. The Morgan fingerprint density at radius 3 is 0.753 bits per heavy atom. The van der Waals surface area contributed by atoms with Crippen LogP contribution in [0.5, 0.6) is 0 Å². The molecule has 13 nitrogen and oxygen atoms in total. The topological polar surface area (TPSA) is 120 Å². The van der Waals surface area contributed by atoms with E-state index in [1.807, 2.05) is 0 Å². The van der Waals surface area contributed by atoms with Crippen LogP contribution in [0.3, 0.4) is 0 Å². The predicted octanol–water partition coefficient (Wildman–Crippen LogP) is 10.9. The first-order chi connectivity index (χ1) is 35.6. The normalized spacial score (nSPS) is 13.9. The molecule has 0 rings (SSSR count). The van der Waals surface area contributed by atoms with Crippen molar-refractivity contribution < 1.29 is 141 Å². The van der Waals surface area contributed by atoms with Crippen molar-refractivity contribution in [1.82, 2.24) is 0 Å². The average molecular weight is 1170 g/mol. The third kappa shape index (κ3) is 28.6. The molecular weight excluding hydrogens is 1100 g/mol. The minimum absolute atomic E-state index is 0.472. The number of hydrogen-bond acceptors (Lipinski definition) is 13. The minimum atomic E-state index is -6.57. The van der Waals surface area contributed by atoms with Gasteiger partial charge in [-0.2, -0.15) is 52.7 Å². The maximum Gasteiger partial charge on any atom is 0.378 e. The van der Waals surface area contributed by atoms with Gasteiger partial charge >= 0.3 is 36.7 Å². The fourth-order valence-corrected chi connectivity index (χ4v) is 5.60. The molecule has 0 atom stereocenters. The van der Waals surface area contributed by atoms with Gasteiger partial charge in [-0.1, -0.05) is 36.5 Å². The first-order valence-corrected chi connectivity index (χ1v) is 22.5. The average Bonchev–Trinajstić information content (AvgIpc) is 3.28. The maximum absolute atomic E-state index is 16.8. The molecule has 0 N–H and O–H groups in total. The Kier molecular flexibility index (Phi) is 32.6. The number of halogens is 18. The van der Waals surface area contributed by atoms with Crippen molar-refractivity contribution in [2.75, 3.05) is 132 Å². The van der Waals surface area contributed by atoms with E-state index in [9.17, 15) is 26.3 Å². The summed E-state index contributed by atoms with van der Waals surface area (Å²) in [6.07, 6.45) is -35.1. The number of rotatable bonds is 52. The van der Waals surface area contributed by atoms with Crippen LogP contribution in [0.25, 0.3) is 0 Å². The van der Waals surface area contributed by atoms with Gasteiger partial charge < -0.3 is 47.4 Å². The summed E-state index contributed by atoms with van der Waals surface area (Å²) >= 11 is 0. The zero-order valence-electron chi connectivity index (χ0n) is 41.6. The van der Waals surface area contributed by atoms with Gasteiger partial charge in [-0.15, -0.1) is 39.5 Å². The Bertz CT molecular complexity index is 1640. The SMILES string of the molecule is C=CCOCCC(F)(F)OC(F)(F)C(COCC(F)(F)COCC=C)(COCC(F)(F)COCC=C)COCC(COCC(F)(F)COCC=C)(C(F)(F)OC(F)(F)CCOCC=C)C(F)(F)OC(F)(F)CCOCC=C. The third-order valence-corrected chi connectivity index (χ3v) is 9.30. The van der Waals surface area contributed by atoms with Crippen LogP contribution in [0.4, 0.5) is 79.0 Å². The van der Waals surface area contributed by atoms with Gasteiger partial charge in [0.15, 0.2) is 5.41 Å². The van der Waals surface area contributed by atoms with E-state index >= 15 is 52.7 Å². The molecule has 77 heavy (non-hydrogen) atoms. The van der Waals surface area contributed by atoms with Crippen LogP contribution in [0.15, 0.2) is 75.9 Å². The third-order valence-electron chi connectivity index (χ3n) is 9.30. The van der Waals surface area contributed by atoms with Crippen molar-refractivity contribution in [2.45, 2.75) is 73.7 Å². The second-order valence-electron chi connectivity index (χ2n) is 16.4. The molecule has 0 heterocycles. The van der Waals surface area contributed by atoms with Crippen LogP contribution in [0.1, 0.15) is 19.3 Å². The monoisotopic (exact) mass is 1170 g/mol. The molecule has 0 radical (unpaired) electrons. The highest BCUT2D eigenvalue weighted by molar-refractivity contribution is 4.98. The van der Waals surface area contributed by atoms with Crippen LogP contribution >= 0.6 is 0 Å². The smallest absolute Gasteiger partial charge is 0.378 e. The Hall–Kier alpha value is -3.34. The van der Waals surface area contributed by atoms with Crippen LogP contribution in [-0.4, -0.2) is 187 Å². The van der Waals surface area contributed by atoms with Crippen LogP contribution in [0.2, 0.25) is 0 Å². The molecule has 0 unspecified atom stereocenters. The van der Waals surface area contributed by atoms with Gasteiger partial charge in [-0.3, -0.25) is 14.2 Å². The zero-order valence-corrected chi connectivity index (χ0v) is 41.6. The first kappa shape index (κ1) is 73.7. The second-order valence-corrected chi connectivity index (χ2v) is 16.4. The summed E-state index contributed by atoms with van der Waals surface area (Å²) in [5, 5.41) is 0. The first-order valence-electron chi connectivity index (χ1n) is 22.5. The second kappa shape index (κ2) is 34.1. The van der Waals surface area contributed by atoms with Crippen molar-refractivity contribution in [3.8, 4) is 0 Å². The fourth-order valence-electron chi connectivity index (χ4n) is 5.60. The van der Waals surface area contributed by atoms with E-state index in [0.717, 1.165) is 36.5 Å². The van der Waals surface area contributed by atoms with E-state index < -0.39 is 217 Å².